The number of carbonyl (C=O) groups excluding carboxylic acids is 3. The molecule has 0 spiro atoms. The van der Waals surface area contributed by atoms with Crippen LogP contribution in [0.4, 0.5) is 0 Å². The van der Waals surface area contributed by atoms with Crippen LogP contribution in [0.2, 0.25) is 0 Å². The normalized spacial score (nSPS) is 12.6. The zero-order chi connectivity index (χ0) is 50.7. The van der Waals surface area contributed by atoms with Gasteiger partial charge in [0.25, 0.3) is 0 Å². The predicted octanol–water partition coefficient (Wildman–Crippen LogP) is 20.2. The van der Waals surface area contributed by atoms with Crippen LogP contribution >= 0.6 is 0 Å². The van der Waals surface area contributed by atoms with Gasteiger partial charge in [0.2, 0.25) is 0 Å². The molecule has 0 aromatic rings. The van der Waals surface area contributed by atoms with E-state index in [1.807, 2.05) is 6.08 Å². The van der Waals surface area contributed by atoms with E-state index >= 15 is 0 Å². The minimum Gasteiger partial charge on any atom is -0.462 e. The third kappa shape index (κ3) is 55.8. The zero-order valence-corrected chi connectivity index (χ0v) is 46.3. The lowest BCUT2D eigenvalue weighted by Gasteiger charge is -2.18. The Hall–Kier alpha value is -3.15. The number of esters is 3. The molecule has 0 unspecified atom stereocenters. The Morgan fingerprint density at radius 3 is 0.871 bits per heavy atom. The molecule has 0 aliphatic carbocycles. The van der Waals surface area contributed by atoms with Crippen LogP contribution in [-0.4, -0.2) is 37.2 Å². The molecule has 0 bridgehead atoms. The molecule has 0 rings (SSSR count). The highest BCUT2D eigenvalue weighted by atomic mass is 16.6. The first kappa shape index (κ1) is 66.9. The minimum atomic E-state index is -0.802. The quantitative estimate of drug-likeness (QED) is 0.0261. The van der Waals surface area contributed by atoms with E-state index in [0.717, 1.165) is 77.0 Å². The van der Waals surface area contributed by atoms with Crippen molar-refractivity contribution in [3.8, 4) is 0 Å². The Morgan fingerprint density at radius 1 is 0.300 bits per heavy atom. The Kier molecular flexibility index (Phi) is 55.8. The lowest BCUT2D eigenvalue weighted by atomic mass is 10.0. The molecule has 404 valence electrons. The lowest BCUT2D eigenvalue weighted by Crippen LogP contribution is -2.30. The molecular weight excluding hydrogens is 865 g/mol. The van der Waals surface area contributed by atoms with Gasteiger partial charge in [0.1, 0.15) is 13.2 Å². The fraction of sp³-hybridized carbons (Fsp3) is 0.766. The standard InChI is InChI=1S/C64H112O6/c1-4-7-10-13-16-19-22-25-27-29-31-32-34-36-38-40-43-45-48-51-54-57-63(66)69-60-61(70-64(67)58-55-52-49-46-41-24-21-18-15-12-9-6-3)59-68-62(65)56-53-50-47-44-42-39-37-35-33-30-28-26-23-20-17-14-11-8-5-2/h8,11,17,20,26,28,33,35,39,42,47,50,61H,4-7,9-10,12-16,18-19,21-25,27,29-32,34,36-38,40-41,43-46,48-49,51-60H2,1-3H3/b11-8-,20-17-,28-26-,35-33-,42-39-,50-47-/t61-/m1/s1. The average Bonchev–Trinajstić information content (AvgIpc) is 3.36. The maximum Gasteiger partial charge on any atom is 0.306 e. The van der Waals surface area contributed by atoms with Crippen molar-refractivity contribution in [2.45, 2.75) is 303 Å². The highest BCUT2D eigenvalue weighted by Crippen LogP contribution is 2.17. The molecule has 1 atom stereocenters. The third-order valence-corrected chi connectivity index (χ3v) is 13.0. The van der Waals surface area contributed by atoms with E-state index < -0.39 is 6.10 Å². The van der Waals surface area contributed by atoms with Crippen molar-refractivity contribution in [2.75, 3.05) is 13.2 Å². The Balaban J connectivity index is 4.37. The molecule has 0 radical (unpaired) electrons. The highest BCUT2D eigenvalue weighted by molar-refractivity contribution is 5.71. The van der Waals surface area contributed by atoms with Gasteiger partial charge in [0, 0.05) is 19.3 Å². The summed E-state index contributed by atoms with van der Waals surface area (Å²) in [5, 5.41) is 0. The van der Waals surface area contributed by atoms with Gasteiger partial charge < -0.3 is 14.2 Å². The van der Waals surface area contributed by atoms with Gasteiger partial charge in [0.05, 0.1) is 0 Å². The Bertz CT molecular complexity index is 1310. The van der Waals surface area contributed by atoms with Crippen molar-refractivity contribution in [2.24, 2.45) is 0 Å². The second-order valence-corrected chi connectivity index (χ2v) is 19.9. The number of allylic oxidation sites excluding steroid dienone is 12. The SMILES string of the molecule is CC/C=C\C/C=C\C/C=C\C/C=C\C/C=C\C/C=C\CCC(=O)OC[C@H](COC(=O)CCCCCCCCCCCCCCCCCCCCCCC)OC(=O)CCCCCCCCCCCCCC. The van der Waals surface area contributed by atoms with Crippen LogP contribution in [0.1, 0.15) is 297 Å². The van der Waals surface area contributed by atoms with E-state index in [4.69, 9.17) is 14.2 Å². The number of unbranched alkanes of at least 4 members (excludes halogenated alkanes) is 31. The first-order chi connectivity index (χ1) is 34.5. The van der Waals surface area contributed by atoms with Crippen molar-refractivity contribution in [3.63, 3.8) is 0 Å². The van der Waals surface area contributed by atoms with Crippen molar-refractivity contribution in [3.05, 3.63) is 72.9 Å². The van der Waals surface area contributed by atoms with Gasteiger partial charge >= 0.3 is 17.9 Å². The molecule has 0 aromatic carbocycles. The van der Waals surface area contributed by atoms with Gasteiger partial charge in [-0.2, -0.15) is 0 Å². The molecule has 0 aromatic heterocycles. The van der Waals surface area contributed by atoms with Crippen molar-refractivity contribution < 1.29 is 28.6 Å². The Morgan fingerprint density at radius 2 is 0.557 bits per heavy atom. The summed E-state index contributed by atoms with van der Waals surface area (Å²) < 4.78 is 16.8. The second-order valence-electron chi connectivity index (χ2n) is 19.9. The summed E-state index contributed by atoms with van der Waals surface area (Å²) in [4.78, 5) is 38.1. The smallest absolute Gasteiger partial charge is 0.306 e. The van der Waals surface area contributed by atoms with E-state index in [0.29, 0.717) is 19.3 Å². The van der Waals surface area contributed by atoms with Crippen LogP contribution in [0.3, 0.4) is 0 Å². The topological polar surface area (TPSA) is 78.9 Å². The largest absolute Gasteiger partial charge is 0.462 e. The summed E-state index contributed by atoms with van der Waals surface area (Å²) in [6.07, 6.45) is 74.9. The number of hydrogen-bond acceptors (Lipinski definition) is 6. The highest BCUT2D eigenvalue weighted by Gasteiger charge is 2.19. The fourth-order valence-corrected chi connectivity index (χ4v) is 8.53. The molecular formula is C64H112O6. The monoisotopic (exact) mass is 977 g/mol. The summed E-state index contributed by atoms with van der Waals surface area (Å²) in [6, 6.07) is 0. The average molecular weight is 978 g/mol. The van der Waals surface area contributed by atoms with Crippen molar-refractivity contribution in [1.82, 2.24) is 0 Å². The molecule has 0 aliphatic heterocycles. The summed E-state index contributed by atoms with van der Waals surface area (Å²) in [5.74, 6) is -0.970. The fourth-order valence-electron chi connectivity index (χ4n) is 8.53. The first-order valence-corrected chi connectivity index (χ1v) is 29.9. The van der Waals surface area contributed by atoms with E-state index in [1.165, 1.54) is 173 Å². The number of rotatable bonds is 54. The van der Waals surface area contributed by atoms with Gasteiger partial charge in [-0.15, -0.1) is 0 Å². The zero-order valence-electron chi connectivity index (χ0n) is 46.3. The maximum atomic E-state index is 12.8. The van der Waals surface area contributed by atoms with Crippen LogP contribution in [-0.2, 0) is 28.6 Å². The lowest BCUT2D eigenvalue weighted by molar-refractivity contribution is -0.166. The van der Waals surface area contributed by atoms with Crippen molar-refractivity contribution in [1.29, 1.82) is 0 Å². The molecule has 0 fully saturated rings. The molecule has 0 aliphatic rings. The van der Waals surface area contributed by atoms with Gasteiger partial charge in [-0.25, -0.2) is 0 Å². The van der Waals surface area contributed by atoms with E-state index in [-0.39, 0.29) is 37.5 Å². The molecule has 0 N–H and O–H groups in total. The molecule has 70 heavy (non-hydrogen) atoms. The third-order valence-electron chi connectivity index (χ3n) is 13.0. The summed E-state index contributed by atoms with van der Waals surface area (Å²) >= 11 is 0. The minimum absolute atomic E-state index is 0.0945. The van der Waals surface area contributed by atoms with Crippen LogP contribution < -0.4 is 0 Å². The Labute approximate surface area is 433 Å². The summed E-state index contributed by atoms with van der Waals surface area (Å²) in [7, 11) is 0. The van der Waals surface area contributed by atoms with Gasteiger partial charge in [-0.3, -0.25) is 14.4 Å². The summed E-state index contributed by atoms with van der Waals surface area (Å²) in [5.41, 5.74) is 0. The molecule has 6 heteroatoms. The van der Waals surface area contributed by atoms with E-state index in [2.05, 4.69) is 87.6 Å². The van der Waals surface area contributed by atoms with Crippen LogP contribution in [0, 0.1) is 0 Å². The molecule has 0 saturated heterocycles. The van der Waals surface area contributed by atoms with Crippen LogP contribution in [0.25, 0.3) is 0 Å². The maximum absolute atomic E-state index is 12.8. The van der Waals surface area contributed by atoms with Gasteiger partial charge in [-0.1, -0.05) is 293 Å². The van der Waals surface area contributed by atoms with Crippen LogP contribution in [0.5, 0.6) is 0 Å². The van der Waals surface area contributed by atoms with Crippen molar-refractivity contribution >= 4 is 17.9 Å². The number of ether oxygens (including phenoxy) is 3. The first-order valence-electron chi connectivity index (χ1n) is 29.9. The van der Waals surface area contributed by atoms with Gasteiger partial charge in [-0.05, 0) is 57.8 Å². The van der Waals surface area contributed by atoms with Crippen LogP contribution in [0.15, 0.2) is 72.9 Å². The molecule has 0 heterocycles. The van der Waals surface area contributed by atoms with Gasteiger partial charge in [0.15, 0.2) is 6.10 Å². The second kappa shape index (κ2) is 58.4. The predicted molar refractivity (Wildman–Crippen MR) is 302 cm³/mol. The molecule has 0 saturated carbocycles. The van der Waals surface area contributed by atoms with E-state index in [9.17, 15) is 14.4 Å². The molecule has 0 amide bonds. The summed E-state index contributed by atoms with van der Waals surface area (Å²) in [6.45, 7) is 6.49. The number of hydrogen-bond donors (Lipinski definition) is 0. The molecule has 6 nitrogen and oxygen atoms in total. The number of carbonyl (C=O) groups is 3. The van der Waals surface area contributed by atoms with E-state index in [1.54, 1.807) is 0 Å².